The lowest BCUT2D eigenvalue weighted by Gasteiger charge is -2.05. The largest absolute Gasteiger partial charge is 0.0776 e. The van der Waals surface area contributed by atoms with E-state index in [0.29, 0.717) is 0 Å². The van der Waals surface area contributed by atoms with Gasteiger partial charge in [-0.05, 0) is 5.92 Å². The highest BCUT2D eigenvalue weighted by atomic mass is 14.0. The first-order chi connectivity index (χ1) is 3.81. The lowest BCUT2D eigenvalue weighted by atomic mass is 10.0. The van der Waals surface area contributed by atoms with Crippen molar-refractivity contribution < 1.29 is 0 Å². The molecule has 0 rings (SSSR count). The van der Waals surface area contributed by atoms with Crippen LogP contribution in [0.15, 0.2) is 0 Å². The van der Waals surface area contributed by atoms with Crippen molar-refractivity contribution in [2.24, 2.45) is 5.92 Å². The summed E-state index contributed by atoms with van der Waals surface area (Å²) in [5.41, 5.74) is 0. The zero-order valence-corrected chi connectivity index (χ0v) is 6.41. The predicted molar refractivity (Wildman–Crippen MR) is 59.2 cm³/mol. The summed E-state index contributed by atoms with van der Waals surface area (Å²) >= 11 is 0. The fourth-order valence-corrected chi connectivity index (χ4v) is 1.13. The van der Waals surface area contributed by atoms with Crippen molar-refractivity contribution in [3.8, 4) is 0 Å². The number of hydrogen-bond acceptors (Lipinski definition) is 0. The fourth-order valence-electron chi connectivity index (χ4n) is 1.13. The minimum atomic E-state index is 0. The number of rotatable bonds is 4. The Labute approximate surface area is 75.4 Å². The summed E-state index contributed by atoms with van der Waals surface area (Å²) in [6.45, 7) is 6.85. The molecule has 0 heteroatoms. The third-order valence-electron chi connectivity index (χ3n) is 1.56. The summed E-state index contributed by atoms with van der Waals surface area (Å²) in [5.74, 6) is 0.963. The Bertz CT molecular complexity index is 33.3. The summed E-state index contributed by atoms with van der Waals surface area (Å²) in [7, 11) is 0. The van der Waals surface area contributed by atoms with Gasteiger partial charge in [-0.1, -0.05) is 68.7 Å². The molecule has 74 valence electrons. The minimum absolute atomic E-state index is 0. The topological polar surface area (TPSA) is 0 Å². The third kappa shape index (κ3) is 17.8. The van der Waals surface area contributed by atoms with Crippen LogP contribution >= 0.6 is 0 Å². The van der Waals surface area contributed by atoms with Crippen molar-refractivity contribution >= 4 is 0 Å². The first-order valence-electron chi connectivity index (χ1n) is 3.81. The van der Waals surface area contributed by atoms with Crippen LogP contribution in [-0.2, 0) is 0 Å². The van der Waals surface area contributed by atoms with Crippen LogP contribution in [0, 0.1) is 5.92 Å². The van der Waals surface area contributed by atoms with Gasteiger partial charge in [0.1, 0.15) is 0 Å². The summed E-state index contributed by atoms with van der Waals surface area (Å²) in [6.07, 6.45) is 5.52. The molecule has 0 saturated heterocycles. The molecule has 0 unspecified atom stereocenters. The van der Waals surface area contributed by atoms with Gasteiger partial charge in [-0.25, -0.2) is 0 Å². The molecule has 0 aliphatic rings. The first kappa shape index (κ1) is 22.4. The summed E-state index contributed by atoms with van der Waals surface area (Å²) < 4.78 is 0. The molecule has 0 aromatic rings. The smallest absolute Gasteiger partial charge is 0.0443 e. The molecule has 0 fully saturated rings. The molecular weight excluding hydrogens is 132 g/mol. The molecule has 0 saturated carbocycles. The normalized spacial score (nSPS) is 7.64. The molecule has 0 atom stereocenters. The first-order valence-corrected chi connectivity index (χ1v) is 3.81. The van der Waals surface area contributed by atoms with Crippen molar-refractivity contribution in [1.82, 2.24) is 0 Å². The van der Waals surface area contributed by atoms with E-state index in [1.54, 1.807) is 0 Å². The van der Waals surface area contributed by atoms with Crippen molar-refractivity contribution in [3.63, 3.8) is 0 Å². The highest BCUT2D eigenvalue weighted by Crippen LogP contribution is 2.10. The molecule has 0 aromatic carbocycles. The van der Waals surface area contributed by atoms with E-state index < -0.39 is 0 Å². The van der Waals surface area contributed by atoms with Crippen LogP contribution in [-0.4, -0.2) is 0 Å². The Morgan fingerprint density at radius 2 is 1.09 bits per heavy atom. The quantitative estimate of drug-likeness (QED) is 0.537. The molecule has 0 spiro atoms. The minimum Gasteiger partial charge on any atom is -0.0776 e. The van der Waals surface area contributed by atoms with Crippen molar-refractivity contribution in [2.45, 2.75) is 68.7 Å². The predicted octanol–water partition coefficient (Wildman–Crippen LogP) is 5.13. The third-order valence-corrected chi connectivity index (χ3v) is 1.56. The fraction of sp³-hybridized carbons (Fsp3) is 1.00. The second kappa shape index (κ2) is 16.5. The molecule has 0 radical (unpaired) electrons. The van der Waals surface area contributed by atoms with Crippen LogP contribution in [0.2, 0.25) is 0 Å². The summed E-state index contributed by atoms with van der Waals surface area (Å²) in [4.78, 5) is 0. The molecule has 0 heterocycles. The van der Waals surface area contributed by atoms with E-state index in [-0.39, 0.29) is 22.3 Å². The van der Waals surface area contributed by atoms with E-state index in [9.17, 15) is 0 Å². The van der Waals surface area contributed by atoms with E-state index in [1.807, 2.05) is 0 Å². The highest BCUT2D eigenvalue weighted by Gasteiger charge is 1.95. The Morgan fingerprint density at radius 3 is 1.27 bits per heavy atom. The van der Waals surface area contributed by atoms with Gasteiger partial charge in [-0.15, -0.1) is 0 Å². The van der Waals surface area contributed by atoms with Crippen LogP contribution < -0.4 is 0 Å². The Balaban J connectivity index is -0.0000000817. The van der Waals surface area contributed by atoms with Crippen molar-refractivity contribution in [2.75, 3.05) is 0 Å². The SMILES string of the molecule is C.C.C.CCCC(C)CCC. The van der Waals surface area contributed by atoms with Gasteiger partial charge in [-0.2, -0.15) is 0 Å². The molecule has 0 aromatic heterocycles. The summed E-state index contributed by atoms with van der Waals surface area (Å²) in [6, 6.07) is 0. The van der Waals surface area contributed by atoms with Gasteiger partial charge < -0.3 is 0 Å². The van der Waals surface area contributed by atoms with Crippen LogP contribution in [0.25, 0.3) is 0 Å². The zero-order chi connectivity index (χ0) is 6.41. The van der Waals surface area contributed by atoms with Crippen LogP contribution in [0.4, 0.5) is 0 Å². The number of hydrogen-bond donors (Lipinski definition) is 0. The van der Waals surface area contributed by atoms with Crippen LogP contribution in [0.3, 0.4) is 0 Å². The molecule has 0 N–H and O–H groups in total. The van der Waals surface area contributed by atoms with E-state index in [2.05, 4.69) is 20.8 Å². The standard InChI is InChI=1S/C8H18.3CH4/c1-4-6-8(3)7-5-2;;;/h8H,4-7H2,1-3H3;3*1H4. The van der Waals surface area contributed by atoms with E-state index in [4.69, 9.17) is 0 Å². The van der Waals surface area contributed by atoms with Crippen LogP contribution in [0.5, 0.6) is 0 Å². The molecule has 0 amide bonds. The van der Waals surface area contributed by atoms with Gasteiger partial charge >= 0.3 is 0 Å². The summed E-state index contributed by atoms with van der Waals surface area (Å²) in [5, 5.41) is 0. The van der Waals surface area contributed by atoms with Gasteiger partial charge in [0.25, 0.3) is 0 Å². The lowest BCUT2D eigenvalue weighted by Crippen LogP contribution is -1.91. The zero-order valence-electron chi connectivity index (χ0n) is 6.41. The van der Waals surface area contributed by atoms with Crippen molar-refractivity contribution in [3.05, 3.63) is 0 Å². The average molecular weight is 162 g/mol. The molecule has 0 nitrogen and oxygen atoms in total. The van der Waals surface area contributed by atoms with Gasteiger partial charge in [0.05, 0.1) is 0 Å². The maximum Gasteiger partial charge on any atom is -0.0443 e. The Kier molecular flexibility index (Phi) is 33.7. The van der Waals surface area contributed by atoms with Gasteiger partial charge in [-0.3, -0.25) is 0 Å². The van der Waals surface area contributed by atoms with Crippen LogP contribution in [0.1, 0.15) is 68.7 Å². The van der Waals surface area contributed by atoms with Gasteiger partial charge in [0, 0.05) is 0 Å². The average Bonchev–Trinajstić information content (AvgIpc) is 1.68. The van der Waals surface area contributed by atoms with E-state index in [1.165, 1.54) is 25.7 Å². The lowest BCUT2D eigenvalue weighted by molar-refractivity contribution is 0.480. The maximum atomic E-state index is 2.34. The molecule has 11 heavy (non-hydrogen) atoms. The monoisotopic (exact) mass is 162 g/mol. The van der Waals surface area contributed by atoms with E-state index in [0.717, 1.165) is 5.92 Å². The van der Waals surface area contributed by atoms with Gasteiger partial charge in [0.2, 0.25) is 0 Å². The highest BCUT2D eigenvalue weighted by molar-refractivity contribution is 4.48. The molecular formula is C11H30. The molecule has 0 aliphatic heterocycles. The Morgan fingerprint density at radius 1 is 0.818 bits per heavy atom. The van der Waals surface area contributed by atoms with E-state index >= 15 is 0 Å². The molecule has 0 bridgehead atoms. The second-order valence-corrected chi connectivity index (χ2v) is 2.68. The second-order valence-electron chi connectivity index (χ2n) is 2.68. The molecule has 0 aliphatic carbocycles. The maximum absolute atomic E-state index is 2.34. The van der Waals surface area contributed by atoms with Crippen molar-refractivity contribution in [1.29, 1.82) is 0 Å². The Hall–Kier alpha value is 0. The van der Waals surface area contributed by atoms with Gasteiger partial charge in [0.15, 0.2) is 0 Å².